The van der Waals surface area contributed by atoms with Crippen LogP contribution in [0.1, 0.15) is 12.8 Å². The predicted octanol–water partition coefficient (Wildman–Crippen LogP) is 5.97. The third-order valence-electron chi connectivity index (χ3n) is 8.53. The van der Waals surface area contributed by atoms with Gasteiger partial charge in [0.25, 0.3) is 0 Å². The molecular weight excluding hydrogens is 534 g/mol. The van der Waals surface area contributed by atoms with Gasteiger partial charge in [0.05, 0.1) is 24.5 Å². The Morgan fingerprint density at radius 1 is 0.951 bits per heavy atom. The van der Waals surface area contributed by atoms with Crippen molar-refractivity contribution >= 4 is 60.0 Å². The number of benzene rings is 3. The van der Waals surface area contributed by atoms with Crippen LogP contribution >= 0.6 is 11.3 Å². The monoisotopic (exact) mass is 567 g/mol. The van der Waals surface area contributed by atoms with E-state index >= 15 is 0 Å². The lowest BCUT2D eigenvalue weighted by Gasteiger charge is -2.31. The number of para-hydroxylation sites is 1. The molecule has 5 aromatic rings. The van der Waals surface area contributed by atoms with E-state index in [9.17, 15) is 9.59 Å². The standard InChI is InChI=1S/C33H33N3O4S/c1-34-13-5-6-21(20-34)33(38)35(2)22-11-12-29-27(18-22)25-9-4-8-24(32(25)41-29)23-7-3-10-26-28(37)19-30(40-31(23)26)36-14-16-39-17-15-36/h3-4,7-12,18-19,21H,5-6,13-17,20H2,1-2H3/t21-/m1/s1. The van der Waals surface area contributed by atoms with Gasteiger partial charge >= 0.3 is 0 Å². The van der Waals surface area contributed by atoms with Crippen molar-refractivity contribution in [2.45, 2.75) is 12.8 Å². The summed E-state index contributed by atoms with van der Waals surface area (Å²) in [5, 5.41) is 2.83. The second-order valence-corrected chi connectivity index (χ2v) is 12.2. The number of amides is 1. The second-order valence-electron chi connectivity index (χ2n) is 11.2. The maximum atomic E-state index is 13.4. The maximum Gasteiger partial charge on any atom is 0.231 e. The number of thiophene rings is 1. The second kappa shape index (κ2) is 10.6. The highest BCUT2D eigenvalue weighted by molar-refractivity contribution is 7.26. The van der Waals surface area contributed by atoms with Gasteiger partial charge in [-0.05, 0) is 50.7 Å². The molecule has 2 aromatic heterocycles. The van der Waals surface area contributed by atoms with E-state index in [1.807, 2.05) is 36.2 Å². The van der Waals surface area contributed by atoms with Crippen molar-refractivity contribution in [3.05, 3.63) is 70.9 Å². The van der Waals surface area contributed by atoms with Crippen LogP contribution in [0.15, 0.2) is 69.9 Å². The fraction of sp³-hybridized carbons (Fsp3) is 0.333. The lowest BCUT2D eigenvalue weighted by Crippen LogP contribution is -2.42. The van der Waals surface area contributed by atoms with Gasteiger partial charge in [0, 0.05) is 69.7 Å². The van der Waals surface area contributed by atoms with Crippen molar-refractivity contribution in [3.8, 4) is 11.1 Å². The highest BCUT2D eigenvalue weighted by Crippen LogP contribution is 2.43. The molecular formula is C33H33N3O4S. The summed E-state index contributed by atoms with van der Waals surface area (Å²) in [6, 6.07) is 20.0. The minimum atomic E-state index is -0.0420. The molecule has 0 radical (unpaired) electrons. The Hall–Kier alpha value is -3.72. The van der Waals surface area contributed by atoms with E-state index in [-0.39, 0.29) is 17.3 Å². The Balaban J connectivity index is 1.31. The van der Waals surface area contributed by atoms with E-state index in [1.165, 1.54) is 0 Å². The first kappa shape index (κ1) is 26.2. The first-order chi connectivity index (χ1) is 20.0. The summed E-state index contributed by atoms with van der Waals surface area (Å²) in [6.45, 7) is 4.48. The lowest BCUT2D eigenvalue weighted by atomic mass is 9.96. The van der Waals surface area contributed by atoms with E-state index in [1.54, 1.807) is 17.4 Å². The van der Waals surface area contributed by atoms with Crippen LogP contribution in [0.3, 0.4) is 0 Å². The Bertz CT molecular complexity index is 1840. The third kappa shape index (κ3) is 4.70. The number of ether oxygens (including phenoxy) is 1. The molecule has 1 amide bonds. The first-order valence-corrected chi connectivity index (χ1v) is 15.1. The number of fused-ring (bicyclic) bond motifs is 4. The Labute approximate surface area is 242 Å². The summed E-state index contributed by atoms with van der Waals surface area (Å²) in [5.41, 5.74) is 3.41. The Morgan fingerprint density at radius 3 is 2.54 bits per heavy atom. The number of morpholine rings is 1. The van der Waals surface area contributed by atoms with Crippen LogP contribution in [0, 0.1) is 5.92 Å². The number of carbonyl (C=O) groups excluding carboxylic acids is 1. The molecule has 0 spiro atoms. The zero-order valence-electron chi connectivity index (χ0n) is 23.4. The maximum absolute atomic E-state index is 13.4. The number of carbonyl (C=O) groups is 1. The van der Waals surface area contributed by atoms with Gasteiger partial charge in [0.15, 0.2) is 11.3 Å². The lowest BCUT2D eigenvalue weighted by molar-refractivity contribution is -0.123. The van der Waals surface area contributed by atoms with Crippen molar-refractivity contribution in [1.82, 2.24) is 4.90 Å². The predicted molar refractivity (Wildman–Crippen MR) is 167 cm³/mol. The molecule has 0 unspecified atom stereocenters. The molecule has 7 rings (SSSR count). The van der Waals surface area contributed by atoms with Crippen LogP contribution < -0.4 is 15.2 Å². The average molecular weight is 568 g/mol. The molecule has 7 nitrogen and oxygen atoms in total. The number of nitrogens with zero attached hydrogens (tertiary/aromatic N) is 3. The summed E-state index contributed by atoms with van der Waals surface area (Å²) in [5.74, 6) is 0.796. The minimum absolute atomic E-state index is 0.0311. The van der Waals surface area contributed by atoms with Crippen molar-refractivity contribution in [2.75, 3.05) is 63.3 Å². The molecule has 2 saturated heterocycles. The summed E-state index contributed by atoms with van der Waals surface area (Å²) in [7, 11) is 3.98. The van der Waals surface area contributed by atoms with Crippen molar-refractivity contribution in [1.29, 1.82) is 0 Å². The number of hydrogen-bond donors (Lipinski definition) is 0. The number of piperidine rings is 1. The van der Waals surface area contributed by atoms with Crippen molar-refractivity contribution in [3.63, 3.8) is 0 Å². The molecule has 8 heteroatoms. The molecule has 0 N–H and O–H groups in total. The van der Waals surface area contributed by atoms with E-state index < -0.39 is 0 Å². The summed E-state index contributed by atoms with van der Waals surface area (Å²) in [6.07, 6.45) is 1.99. The van der Waals surface area contributed by atoms with Gasteiger partial charge in [0.1, 0.15) is 5.58 Å². The van der Waals surface area contributed by atoms with Crippen LogP contribution in [-0.4, -0.2) is 64.3 Å². The quantitative estimate of drug-likeness (QED) is 0.267. The van der Waals surface area contributed by atoms with E-state index in [0.717, 1.165) is 62.9 Å². The van der Waals surface area contributed by atoms with E-state index in [2.05, 4.69) is 47.2 Å². The molecule has 1 atom stereocenters. The largest absolute Gasteiger partial charge is 0.440 e. The Morgan fingerprint density at radius 2 is 1.73 bits per heavy atom. The van der Waals surface area contributed by atoms with Crippen LogP contribution in [0.5, 0.6) is 0 Å². The SMILES string of the molecule is CN1CCC[C@@H](C(=O)N(C)c2ccc3sc4c(-c5cccc6c(=O)cc(N7CCOCC7)oc56)cccc4c3c2)C1. The summed E-state index contributed by atoms with van der Waals surface area (Å²) < 4.78 is 14.2. The molecule has 210 valence electrons. The number of anilines is 2. The third-order valence-corrected chi connectivity index (χ3v) is 9.75. The first-order valence-electron chi connectivity index (χ1n) is 14.3. The highest BCUT2D eigenvalue weighted by Gasteiger charge is 2.27. The fourth-order valence-corrected chi connectivity index (χ4v) is 7.50. The van der Waals surface area contributed by atoms with Gasteiger partial charge in [0.2, 0.25) is 5.91 Å². The topological polar surface area (TPSA) is 66.2 Å². The van der Waals surface area contributed by atoms with Gasteiger partial charge in [-0.3, -0.25) is 9.59 Å². The zero-order chi connectivity index (χ0) is 28.1. The molecule has 41 heavy (non-hydrogen) atoms. The number of rotatable bonds is 4. The van der Waals surface area contributed by atoms with Gasteiger partial charge in [-0.1, -0.05) is 30.3 Å². The molecule has 0 bridgehead atoms. The summed E-state index contributed by atoms with van der Waals surface area (Å²) in [4.78, 5) is 32.7. The van der Waals surface area contributed by atoms with E-state index in [0.29, 0.717) is 43.2 Å². The van der Waals surface area contributed by atoms with Crippen molar-refractivity contribution < 1.29 is 13.9 Å². The normalized spacial score (nSPS) is 18.4. The molecule has 4 heterocycles. The number of likely N-dealkylation sites (tertiary alicyclic amines) is 1. The van der Waals surface area contributed by atoms with Crippen LogP contribution in [0.25, 0.3) is 42.3 Å². The van der Waals surface area contributed by atoms with E-state index in [4.69, 9.17) is 9.15 Å². The van der Waals surface area contributed by atoms with Crippen LogP contribution in [0.2, 0.25) is 0 Å². The molecule has 0 aliphatic carbocycles. The zero-order valence-corrected chi connectivity index (χ0v) is 24.2. The average Bonchev–Trinajstić information content (AvgIpc) is 3.39. The molecule has 2 aliphatic heterocycles. The Kier molecular flexibility index (Phi) is 6.77. The van der Waals surface area contributed by atoms with Gasteiger partial charge in [-0.25, -0.2) is 0 Å². The fourth-order valence-electron chi connectivity index (χ4n) is 6.29. The van der Waals surface area contributed by atoms with Crippen LogP contribution in [-0.2, 0) is 9.53 Å². The summed E-state index contributed by atoms with van der Waals surface area (Å²) >= 11 is 1.73. The molecule has 3 aromatic carbocycles. The number of hydrogen-bond acceptors (Lipinski definition) is 7. The van der Waals surface area contributed by atoms with Gasteiger partial charge in [-0.2, -0.15) is 0 Å². The van der Waals surface area contributed by atoms with Gasteiger partial charge < -0.3 is 23.9 Å². The minimum Gasteiger partial charge on any atom is -0.440 e. The molecule has 2 fully saturated rings. The highest BCUT2D eigenvalue weighted by atomic mass is 32.1. The molecule has 2 aliphatic rings. The van der Waals surface area contributed by atoms with Gasteiger partial charge in [-0.15, -0.1) is 11.3 Å². The van der Waals surface area contributed by atoms with Crippen molar-refractivity contribution in [2.24, 2.45) is 5.92 Å². The smallest absolute Gasteiger partial charge is 0.231 e. The molecule has 0 saturated carbocycles. The van der Waals surface area contributed by atoms with Crippen LogP contribution in [0.4, 0.5) is 11.6 Å².